The minimum absolute atomic E-state index is 0.475. The van der Waals surface area contributed by atoms with Crippen LogP contribution < -0.4 is 5.32 Å². The second-order valence-electron chi connectivity index (χ2n) is 3.82. The maximum Gasteiger partial charge on any atom is 0.0794 e. The minimum Gasteiger partial charge on any atom is -0.382 e. The third kappa shape index (κ3) is 6.73. The maximum atomic E-state index is 5.49. The summed E-state index contributed by atoms with van der Waals surface area (Å²) in [6, 6.07) is 0.475. The Balaban J connectivity index is 2.18. The third-order valence-electron chi connectivity index (χ3n) is 2.47. The number of thiazole rings is 1. The van der Waals surface area contributed by atoms with Gasteiger partial charge in [-0.05, 0) is 19.4 Å². The molecule has 17 heavy (non-hydrogen) atoms. The van der Waals surface area contributed by atoms with Crippen molar-refractivity contribution in [2.24, 2.45) is 0 Å². The Morgan fingerprint density at radius 1 is 1.41 bits per heavy atom. The van der Waals surface area contributed by atoms with Crippen LogP contribution in [-0.4, -0.2) is 44.5 Å². The van der Waals surface area contributed by atoms with Crippen molar-refractivity contribution in [1.82, 2.24) is 10.3 Å². The molecule has 0 aliphatic carbocycles. The molecule has 0 aliphatic heterocycles. The van der Waals surface area contributed by atoms with Gasteiger partial charge in [-0.25, -0.2) is 0 Å². The Labute approximate surface area is 107 Å². The van der Waals surface area contributed by atoms with Crippen molar-refractivity contribution >= 4 is 11.3 Å². The van der Waals surface area contributed by atoms with Crippen molar-refractivity contribution < 1.29 is 9.47 Å². The molecule has 1 rings (SSSR count). The number of hydrogen-bond donors (Lipinski definition) is 1. The fourth-order valence-corrected chi connectivity index (χ4v) is 2.30. The number of rotatable bonds is 10. The maximum absolute atomic E-state index is 5.49. The molecular weight excluding hydrogens is 236 g/mol. The summed E-state index contributed by atoms with van der Waals surface area (Å²) in [7, 11) is 1.69. The summed E-state index contributed by atoms with van der Waals surface area (Å²) in [5, 5.41) is 3.48. The lowest BCUT2D eigenvalue weighted by molar-refractivity contribution is 0.0659. The summed E-state index contributed by atoms with van der Waals surface area (Å²) >= 11 is 1.71. The number of hydrogen-bond acceptors (Lipinski definition) is 5. The summed E-state index contributed by atoms with van der Waals surface area (Å²) in [4.78, 5) is 5.43. The van der Waals surface area contributed by atoms with E-state index in [2.05, 4.69) is 17.2 Å². The highest BCUT2D eigenvalue weighted by Crippen LogP contribution is 2.10. The second kappa shape index (κ2) is 9.53. The van der Waals surface area contributed by atoms with Gasteiger partial charge in [0.15, 0.2) is 0 Å². The van der Waals surface area contributed by atoms with Crippen LogP contribution in [0.3, 0.4) is 0 Å². The topological polar surface area (TPSA) is 43.4 Å². The SMILES string of the molecule is CCNC(CCOCCOC)Cc1cncs1. The van der Waals surface area contributed by atoms with E-state index in [0.29, 0.717) is 19.3 Å². The summed E-state index contributed by atoms with van der Waals surface area (Å²) in [5.41, 5.74) is 1.88. The Kier molecular flexibility index (Phi) is 8.17. The first-order chi connectivity index (χ1) is 8.36. The summed E-state index contributed by atoms with van der Waals surface area (Å²) < 4.78 is 10.4. The normalized spacial score (nSPS) is 12.8. The van der Waals surface area contributed by atoms with Crippen LogP contribution >= 0.6 is 11.3 Å². The van der Waals surface area contributed by atoms with Crippen molar-refractivity contribution in [1.29, 1.82) is 0 Å². The van der Waals surface area contributed by atoms with E-state index in [4.69, 9.17) is 9.47 Å². The number of ether oxygens (including phenoxy) is 2. The fourth-order valence-electron chi connectivity index (χ4n) is 1.62. The van der Waals surface area contributed by atoms with Gasteiger partial charge in [0.2, 0.25) is 0 Å². The molecule has 5 heteroatoms. The van der Waals surface area contributed by atoms with Crippen molar-refractivity contribution in [3.05, 3.63) is 16.6 Å². The smallest absolute Gasteiger partial charge is 0.0794 e. The number of nitrogens with one attached hydrogen (secondary N) is 1. The average molecular weight is 258 g/mol. The molecule has 1 N–H and O–H groups in total. The van der Waals surface area contributed by atoms with Gasteiger partial charge in [0.25, 0.3) is 0 Å². The monoisotopic (exact) mass is 258 g/mol. The highest BCUT2D eigenvalue weighted by molar-refractivity contribution is 7.09. The first kappa shape index (κ1) is 14.6. The number of methoxy groups -OCH3 is 1. The Morgan fingerprint density at radius 2 is 2.29 bits per heavy atom. The zero-order valence-electron chi connectivity index (χ0n) is 10.6. The van der Waals surface area contributed by atoms with E-state index >= 15 is 0 Å². The molecular formula is C12H22N2O2S. The van der Waals surface area contributed by atoms with Crippen LogP contribution in [0.4, 0.5) is 0 Å². The van der Waals surface area contributed by atoms with Crippen LogP contribution in [0.25, 0.3) is 0 Å². The van der Waals surface area contributed by atoms with E-state index in [-0.39, 0.29) is 0 Å². The van der Waals surface area contributed by atoms with Gasteiger partial charge in [-0.3, -0.25) is 4.98 Å². The molecule has 0 saturated carbocycles. The lowest BCUT2D eigenvalue weighted by Crippen LogP contribution is -2.32. The predicted octanol–water partition coefficient (Wildman–Crippen LogP) is 1.72. The van der Waals surface area contributed by atoms with E-state index in [1.165, 1.54) is 4.88 Å². The lowest BCUT2D eigenvalue weighted by Gasteiger charge is -2.16. The van der Waals surface area contributed by atoms with Crippen LogP contribution in [0.15, 0.2) is 11.7 Å². The molecule has 0 amide bonds. The number of aromatic nitrogens is 1. The van der Waals surface area contributed by atoms with Crippen molar-refractivity contribution in [2.75, 3.05) is 33.5 Å². The largest absolute Gasteiger partial charge is 0.382 e. The van der Waals surface area contributed by atoms with Crippen LogP contribution in [0.2, 0.25) is 0 Å². The molecule has 1 aromatic heterocycles. The highest BCUT2D eigenvalue weighted by atomic mass is 32.1. The molecule has 0 spiro atoms. The van der Waals surface area contributed by atoms with E-state index in [9.17, 15) is 0 Å². The minimum atomic E-state index is 0.475. The standard InChI is InChI=1S/C12H22N2O2S/c1-3-14-11(4-5-16-7-6-15-2)8-12-9-13-10-17-12/h9-11,14H,3-8H2,1-2H3. The Hall–Kier alpha value is -0.490. The second-order valence-corrected chi connectivity index (χ2v) is 4.79. The van der Waals surface area contributed by atoms with Gasteiger partial charge >= 0.3 is 0 Å². The van der Waals surface area contributed by atoms with Gasteiger partial charge in [-0.15, -0.1) is 11.3 Å². The Morgan fingerprint density at radius 3 is 2.94 bits per heavy atom. The zero-order valence-corrected chi connectivity index (χ0v) is 11.5. The van der Waals surface area contributed by atoms with Gasteiger partial charge < -0.3 is 14.8 Å². The van der Waals surface area contributed by atoms with Crippen molar-refractivity contribution in [2.45, 2.75) is 25.8 Å². The molecule has 1 atom stereocenters. The van der Waals surface area contributed by atoms with Gasteiger partial charge in [0.1, 0.15) is 0 Å². The fraction of sp³-hybridized carbons (Fsp3) is 0.750. The molecule has 0 radical (unpaired) electrons. The summed E-state index contributed by atoms with van der Waals surface area (Å²) in [5.74, 6) is 0. The molecule has 1 aromatic rings. The number of likely N-dealkylation sites (N-methyl/N-ethyl adjacent to an activating group) is 1. The van der Waals surface area contributed by atoms with Gasteiger partial charge in [-0.2, -0.15) is 0 Å². The van der Waals surface area contributed by atoms with Gasteiger partial charge in [-0.1, -0.05) is 6.92 Å². The van der Waals surface area contributed by atoms with Gasteiger partial charge in [0.05, 0.1) is 18.7 Å². The third-order valence-corrected chi connectivity index (χ3v) is 3.27. The van der Waals surface area contributed by atoms with Gasteiger partial charge in [0, 0.05) is 30.8 Å². The van der Waals surface area contributed by atoms with E-state index in [1.54, 1.807) is 18.4 Å². The van der Waals surface area contributed by atoms with Crippen LogP contribution in [-0.2, 0) is 15.9 Å². The first-order valence-corrected chi connectivity index (χ1v) is 6.92. The van der Waals surface area contributed by atoms with E-state index in [0.717, 1.165) is 26.0 Å². The average Bonchev–Trinajstić information content (AvgIpc) is 2.82. The predicted molar refractivity (Wildman–Crippen MR) is 70.6 cm³/mol. The van der Waals surface area contributed by atoms with Crippen molar-refractivity contribution in [3.63, 3.8) is 0 Å². The molecule has 0 bridgehead atoms. The molecule has 1 unspecified atom stereocenters. The highest BCUT2D eigenvalue weighted by Gasteiger charge is 2.09. The molecule has 0 aliphatic rings. The number of nitrogens with zero attached hydrogens (tertiary/aromatic N) is 1. The quantitative estimate of drug-likeness (QED) is 0.649. The van der Waals surface area contributed by atoms with Crippen LogP contribution in [0, 0.1) is 0 Å². The lowest BCUT2D eigenvalue weighted by atomic mass is 10.1. The summed E-state index contributed by atoms with van der Waals surface area (Å²) in [6.07, 6.45) is 4.00. The molecule has 0 fully saturated rings. The summed E-state index contributed by atoms with van der Waals surface area (Å²) in [6.45, 7) is 5.24. The van der Waals surface area contributed by atoms with Crippen LogP contribution in [0.5, 0.6) is 0 Å². The first-order valence-electron chi connectivity index (χ1n) is 6.04. The molecule has 4 nitrogen and oxygen atoms in total. The van der Waals surface area contributed by atoms with E-state index < -0.39 is 0 Å². The zero-order chi connectivity index (χ0) is 12.3. The van der Waals surface area contributed by atoms with Crippen molar-refractivity contribution in [3.8, 4) is 0 Å². The molecule has 1 heterocycles. The molecule has 0 aromatic carbocycles. The van der Waals surface area contributed by atoms with E-state index in [1.807, 2.05) is 11.7 Å². The Bertz CT molecular complexity index is 267. The molecule has 0 saturated heterocycles. The molecule has 98 valence electrons. The van der Waals surface area contributed by atoms with Crippen LogP contribution in [0.1, 0.15) is 18.2 Å².